The van der Waals surface area contributed by atoms with E-state index in [0.717, 1.165) is 6.92 Å². The van der Waals surface area contributed by atoms with Crippen LogP contribution in [0.5, 0.6) is 0 Å². The average Bonchev–Trinajstić information content (AvgIpc) is 1.78. The van der Waals surface area contributed by atoms with Crippen LogP contribution in [0.15, 0.2) is 0 Å². The van der Waals surface area contributed by atoms with Crippen LogP contribution >= 0.6 is 0 Å². The number of halogens is 3. The first-order chi connectivity index (χ1) is 6.16. The minimum Gasteiger partial charge on any atom is -0.395 e. The number of sulfonamides is 1. The molecule has 4 nitrogen and oxygen atoms in total. The van der Waals surface area contributed by atoms with Crippen LogP contribution in [-0.4, -0.2) is 38.1 Å². The number of aliphatic hydroxyl groups is 1. The maximum absolute atomic E-state index is 11.8. The Labute approximate surface area is 80.2 Å². The van der Waals surface area contributed by atoms with Gasteiger partial charge in [0.05, 0.1) is 18.8 Å². The Kier molecular flexibility index (Phi) is 4.82. The zero-order valence-corrected chi connectivity index (χ0v) is 8.32. The van der Waals surface area contributed by atoms with E-state index in [1.54, 1.807) is 4.72 Å². The highest BCUT2D eigenvalue weighted by atomic mass is 32.2. The highest BCUT2D eigenvalue weighted by Gasteiger charge is 2.31. The number of alkyl halides is 3. The predicted molar refractivity (Wildman–Crippen MR) is 44.1 cm³/mol. The number of rotatable bonds is 5. The molecule has 0 aliphatic rings. The van der Waals surface area contributed by atoms with Crippen molar-refractivity contribution in [2.75, 3.05) is 12.4 Å². The van der Waals surface area contributed by atoms with Gasteiger partial charge in [0, 0.05) is 6.04 Å². The third-order valence-electron chi connectivity index (χ3n) is 1.28. The van der Waals surface area contributed by atoms with E-state index in [9.17, 15) is 21.6 Å². The Balaban J connectivity index is 4.13. The van der Waals surface area contributed by atoms with Gasteiger partial charge in [0.25, 0.3) is 0 Å². The third kappa shape index (κ3) is 7.10. The summed E-state index contributed by atoms with van der Waals surface area (Å²) >= 11 is 0. The Hall–Kier alpha value is -0.340. The van der Waals surface area contributed by atoms with Crippen molar-refractivity contribution in [2.24, 2.45) is 0 Å². The van der Waals surface area contributed by atoms with Gasteiger partial charge in [-0.3, -0.25) is 0 Å². The zero-order valence-electron chi connectivity index (χ0n) is 7.50. The fraction of sp³-hybridized carbons (Fsp3) is 1.00. The largest absolute Gasteiger partial charge is 0.395 e. The molecule has 0 fully saturated rings. The molecule has 0 saturated heterocycles. The van der Waals surface area contributed by atoms with Crippen molar-refractivity contribution in [3.05, 3.63) is 0 Å². The molecule has 0 aliphatic heterocycles. The number of nitrogens with one attached hydrogen (secondary N) is 1. The van der Waals surface area contributed by atoms with E-state index in [2.05, 4.69) is 0 Å². The van der Waals surface area contributed by atoms with E-state index in [-0.39, 0.29) is 0 Å². The molecule has 0 bridgehead atoms. The van der Waals surface area contributed by atoms with Crippen molar-refractivity contribution in [2.45, 2.75) is 25.6 Å². The molecule has 0 saturated carbocycles. The van der Waals surface area contributed by atoms with E-state index < -0.39 is 41.0 Å². The highest BCUT2D eigenvalue weighted by molar-refractivity contribution is 7.89. The van der Waals surface area contributed by atoms with Crippen LogP contribution in [0.2, 0.25) is 0 Å². The Morgan fingerprint density at radius 1 is 1.43 bits per heavy atom. The molecule has 0 amide bonds. The molecule has 0 spiro atoms. The van der Waals surface area contributed by atoms with Crippen molar-refractivity contribution in [1.29, 1.82) is 0 Å². The van der Waals surface area contributed by atoms with Crippen molar-refractivity contribution in [1.82, 2.24) is 4.72 Å². The Morgan fingerprint density at radius 3 is 2.29 bits per heavy atom. The summed E-state index contributed by atoms with van der Waals surface area (Å²) in [6.07, 6.45) is -5.63. The quantitative estimate of drug-likeness (QED) is 0.717. The first kappa shape index (κ1) is 13.7. The van der Waals surface area contributed by atoms with Gasteiger partial charge in [-0.1, -0.05) is 0 Å². The van der Waals surface area contributed by atoms with Crippen LogP contribution in [0.3, 0.4) is 0 Å². The second-order valence-corrected chi connectivity index (χ2v) is 4.75. The maximum Gasteiger partial charge on any atom is 0.390 e. The van der Waals surface area contributed by atoms with Gasteiger partial charge in [-0.25, -0.2) is 13.1 Å². The molecule has 0 aromatic carbocycles. The van der Waals surface area contributed by atoms with E-state index in [1.807, 2.05) is 0 Å². The molecule has 0 radical (unpaired) electrons. The summed E-state index contributed by atoms with van der Waals surface area (Å²) in [5, 5.41) is 8.31. The summed E-state index contributed by atoms with van der Waals surface area (Å²) in [6, 6.07) is -1.22. The first-order valence-electron chi connectivity index (χ1n) is 3.84. The van der Waals surface area contributed by atoms with E-state index >= 15 is 0 Å². The molecule has 2 N–H and O–H groups in total. The van der Waals surface area contributed by atoms with Gasteiger partial charge in [0.2, 0.25) is 10.0 Å². The Morgan fingerprint density at radius 2 is 1.93 bits per heavy atom. The van der Waals surface area contributed by atoms with Gasteiger partial charge in [0.15, 0.2) is 0 Å². The monoisotopic (exact) mass is 235 g/mol. The van der Waals surface area contributed by atoms with E-state index in [4.69, 9.17) is 5.11 Å². The summed E-state index contributed by atoms with van der Waals surface area (Å²) in [4.78, 5) is 0. The lowest BCUT2D eigenvalue weighted by atomic mass is 10.2. The summed E-state index contributed by atoms with van der Waals surface area (Å²) in [6.45, 7) is 0.497. The average molecular weight is 235 g/mol. The number of hydrogen-bond donors (Lipinski definition) is 2. The molecule has 0 aromatic rings. The summed E-state index contributed by atoms with van der Waals surface area (Å²) < 4.78 is 58.9. The van der Waals surface area contributed by atoms with Crippen LogP contribution < -0.4 is 4.72 Å². The molecular weight excluding hydrogens is 223 g/mol. The molecule has 0 aromatic heterocycles. The van der Waals surface area contributed by atoms with Gasteiger partial charge in [0.1, 0.15) is 0 Å². The fourth-order valence-electron chi connectivity index (χ4n) is 0.874. The lowest BCUT2D eigenvalue weighted by Gasteiger charge is -2.15. The molecule has 1 atom stereocenters. The molecule has 14 heavy (non-hydrogen) atoms. The van der Waals surface area contributed by atoms with Crippen LogP contribution in [0.4, 0.5) is 13.2 Å². The molecule has 0 heterocycles. The molecular formula is C6H12F3NO3S. The third-order valence-corrected chi connectivity index (χ3v) is 2.76. The van der Waals surface area contributed by atoms with E-state index in [0.29, 0.717) is 0 Å². The van der Waals surface area contributed by atoms with Gasteiger partial charge in [-0.2, -0.15) is 13.2 Å². The van der Waals surface area contributed by atoms with Gasteiger partial charge >= 0.3 is 6.18 Å². The molecule has 8 heteroatoms. The standard InChI is InChI=1S/C6H12F3NO3S/c1-5(4-6(7,8)9)10-14(12,13)3-2-11/h5,10-11H,2-4H2,1H3. The molecule has 1 unspecified atom stereocenters. The fourth-order valence-corrected chi connectivity index (χ4v) is 1.93. The Bertz CT molecular complexity index is 262. The van der Waals surface area contributed by atoms with Gasteiger partial charge in [-0.15, -0.1) is 0 Å². The van der Waals surface area contributed by atoms with Crippen LogP contribution in [-0.2, 0) is 10.0 Å². The number of aliphatic hydroxyl groups excluding tert-OH is 1. The number of hydrogen-bond acceptors (Lipinski definition) is 3. The van der Waals surface area contributed by atoms with E-state index in [1.165, 1.54) is 0 Å². The lowest BCUT2D eigenvalue weighted by molar-refractivity contribution is -0.137. The lowest BCUT2D eigenvalue weighted by Crippen LogP contribution is -2.37. The summed E-state index contributed by atoms with van der Waals surface area (Å²) in [5.74, 6) is -0.588. The predicted octanol–water partition coefficient (Wildman–Crippen LogP) is 0.239. The van der Waals surface area contributed by atoms with Gasteiger partial charge < -0.3 is 5.11 Å². The molecule has 86 valence electrons. The van der Waals surface area contributed by atoms with Crippen LogP contribution in [0, 0.1) is 0 Å². The second-order valence-electron chi connectivity index (χ2n) is 2.88. The van der Waals surface area contributed by atoms with Crippen LogP contribution in [0.25, 0.3) is 0 Å². The van der Waals surface area contributed by atoms with Gasteiger partial charge in [-0.05, 0) is 6.92 Å². The first-order valence-corrected chi connectivity index (χ1v) is 5.49. The molecule has 0 rings (SSSR count). The summed E-state index contributed by atoms with van der Waals surface area (Å²) in [7, 11) is -3.80. The smallest absolute Gasteiger partial charge is 0.390 e. The second kappa shape index (κ2) is 4.94. The van der Waals surface area contributed by atoms with Crippen molar-refractivity contribution in [3.63, 3.8) is 0 Å². The summed E-state index contributed by atoms with van der Waals surface area (Å²) in [5.41, 5.74) is 0. The highest BCUT2D eigenvalue weighted by Crippen LogP contribution is 2.21. The van der Waals surface area contributed by atoms with Crippen LogP contribution in [0.1, 0.15) is 13.3 Å². The van der Waals surface area contributed by atoms with Crippen molar-refractivity contribution in [3.8, 4) is 0 Å². The maximum atomic E-state index is 11.8. The van der Waals surface area contributed by atoms with Crippen molar-refractivity contribution < 1.29 is 26.7 Å². The topological polar surface area (TPSA) is 66.4 Å². The molecule has 0 aliphatic carbocycles. The zero-order chi connectivity index (χ0) is 11.4. The minimum atomic E-state index is -4.40. The van der Waals surface area contributed by atoms with Crippen molar-refractivity contribution >= 4 is 10.0 Å². The minimum absolute atomic E-state index is 0.588. The SMILES string of the molecule is CC(CC(F)(F)F)NS(=O)(=O)CCO. The normalized spacial score (nSPS) is 15.5.